The Balaban J connectivity index is 1.67. The number of amides is 1. The van der Waals surface area contributed by atoms with E-state index in [1.54, 1.807) is 0 Å². The highest BCUT2D eigenvalue weighted by Gasteiger charge is 2.32. The molecule has 2 aliphatic heterocycles. The minimum atomic E-state index is 0.149. The molecule has 0 aliphatic carbocycles. The van der Waals surface area contributed by atoms with Gasteiger partial charge < -0.3 is 10.2 Å². The standard InChI is InChI=1S/C15H24N4OS/c1-2-5-13-14(21-18-17-13)15(20)19-9-4-6-11(10-19)12-7-3-8-16-12/h11-12,16H,2-10H2,1H3. The summed E-state index contributed by atoms with van der Waals surface area (Å²) < 4.78 is 3.98. The monoisotopic (exact) mass is 308 g/mol. The lowest BCUT2D eigenvalue weighted by molar-refractivity contribution is 0.0654. The van der Waals surface area contributed by atoms with Crippen LogP contribution in [0.4, 0.5) is 0 Å². The number of piperidine rings is 1. The second-order valence-corrected chi connectivity index (χ2v) is 6.91. The summed E-state index contributed by atoms with van der Waals surface area (Å²) in [5, 5.41) is 7.72. The molecule has 0 bridgehead atoms. The van der Waals surface area contributed by atoms with Gasteiger partial charge in [-0.25, -0.2) is 0 Å². The number of aromatic nitrogens is 2. The van der Waals surface area contributed by atoms with Crippen LogP contribution in [0.15, 0.2) is 0 Å². The number of carbonyl (C=O) groups excluding carboxylic acids is 1. The molecule has 0 aromatic carbocycles. The summed E-state index contributed by atoms with van der Waals surface area (Å²) in [4.78, 5) is 15.5. The van der Waals surface area contributed by atoms with Crippen LogP contribution in [0.5, 0.6) is 0 Å². The average molecular weight is 308 g/mol. The summed E-state index contributed by atoms with van der Waals surface area (Å²) in [5.74, 6) is 0.761. The molecule has 2 saturated heterocycles. The number of hydrogen-bond acceptors (Lipinski definition) is 5. The minimum Gasteiger partial charge on any atom is -0.338 e. The maximum atomic E-state index is 12.8. The van der Waals surface area contributed by atoms with Gasteiger partial charge in [-0.3, -0.25) is 4.79 Å². The Hall–Kier alpha value is -1.01. The molecule has 2 unspecified atom stereocenters. The van der Waals surface area contributed by atoms with Crippen LogP contribution in [0.3, 0.4) is 0 Å². The quantitative estimate of drug-likeness (QED) is 0.925. The lowest BCUT2D eigenvalue weighted by Gasteiger charge is -2.35. The van der Waals surface area contributed by atoms with Crippen molar-refractivity contribution >= 4 is 17.4 Å². The summed E-state index contributed by atoms with van der Waals surface area (Å²) in [7, 11) is 0. The number of likely N-dealkylation sites (tertiary alicyclic amines) is 1. The summed E-state index contributed by atoms with van der Waals surface area (Å²) in [6, 6.07) is 0.607. The Morgan fingerprint density at radius 2 is 2.33 bits per heavy atom. The van der Waals surface area contributed by atoms with Crippen molar-refractivity contribution in [2.24, 2.45) is 5.92 Å². The molecular weight excluding hydrogens is 284 g/mol. The van der Waals surface area contributed by atoms with E-state index < -0.39 is 0 Å². The number of nitrogens with zero attached hydrogens (tertiary/aromatic N) is 3. The predicted molar refractivity (Wildman–Crippen MR) is 83.6 cm³/mol. The van der Waals surface area contributed by atoms with E-state index in [1.165, 1.54) is 30.8 Å². The second-order valence-electron chi connectivity index (χ2n) is 6.16. The van der Waals surface area contributed by atoms with Crippen molar-refractivity contribution in [2.45, 2.75) is 51.5 Å². The number of rotatable bonds is 4. The van der Waals surface area contributed by atoms with Crippen molar-refractivity contribution < 1.29 is 4.79 Å². The Kier molecular flexibility index (Phi) is 4.85. The average Bonchev–Trinajstić information content (AvgIpc) is 3.18. The lowest BCUT2D eigenvalue weighted by atomic mass is 9.89. The van der Waals surface area contributed by atoms with E-state index in [0.717, 1.165) is 49.5 Å². The third kappa shape index (κ3) is 3.26. The normalized spacial score (nSPS) is 26.2. The van der Waals surface area contributed by atoms with Crippen LogP contribution >= 0.6 is 11.5 Å². The van der Waals surface area contributed by atoms with Crippen LogP contribution in [-0.4, -0.2) is 46.1 Å². The largest absolute Gasteiger partial charge is 0.338 e. The topological polar surface area (TPSA) is 58.1 Å². The molecule has 1 aromatic rings. The van der Waals surface area contributed by atoms with E-state index in [2.05, 4.69) is 21.8 Å². The SMILES string of the molecule is CCCc1nnsc1C(=O)N1CCCC(C2CCCN2)C1. The van der Waals surface area contributed by atoms with E-state index >= 15 is 0 Å². The van der Waals surface area contributed by atoms with Crippen LogP contribution in [0.1, 0.15) is 54.4 Å². The Labute approximate surface area is 130 Å². The first-order valence-electron chi connectivity index (χ1n) is 8.13. The van der Waals surface area contributed by atoms with E-state index in [1.807, 2.05) is 4.90 Å². The molecule has 3 heterocycles. The fourth-order valence-electron chi connectivity index (χ4n) is 3.55. The molecule has 2 fully saturated rings. The zero-order chi connectivity index (χ0) is 14.7. The van der Waals surface area contributed by atoms with Crippen LogP contribution < -0.4 is 5.32 Å². The maximum absolute atomic E-state index is 12.8. The molecule has 2 atom stereocenters. The van der Waals surface area contributed by atoms with Gasteiger partial charge in [-0.1, -0.05) is 17.8 Å². The van der Waals surface area contributed by atoms with Crippen LogP contribution in [0, 0.1) is 5.92 Å². The fraction of sp³-hybridized carbons (Fsp3) is 0.800. The Bertz CT molecular complexity index is 484. The minimum absolute atomic E-state index is 0.149. The van der Waals surface area contributed by atoms with Gasteiger partial charge >= 0.3 is 0 Å². The first kappa shape index (κ1) is 14.9. The summed E-state index contributed by atoms with van der Waals surface area (Å²) in [6.45, 7) is 5.01. The second kappa shape index (κ2) is 6.83. The van der Waals surface area contributed by atoms with Crippen molar-refractivity contribution in [3.63, 3.8) is 0 Å². The van der Waals surface area contributed by atoms with E-state index in [0.29, 0.717) is 12.0 Å². The molecule has 0 radical (unpaired) electrons. The first-order valence-corrected chi connectivity index (χ1v) is 8.90. The van der Waals surface area contributed by atoms with Crippen molar-refractivity contribution in [2.75, 3.05) is 19.6 Å². The van der Waals surface area contributed by atoms with Crippen LogP contribution in [-0.2, 0) is 6.42 Å². The molecule has 3 rings (SSSR count). The highest BCUT2D eigenvalue weighted by molar-refractivity contribution is 7.08. The molecule has 1 N–H and O–H groups in total. The smallest absolute Gasteiger partial charge is 0.267 e. The van der Waals surface area contributed by atoms with Gasteiger partial charge in [0.15, 0.2) is 0 Å². The zero-order valence-corrected chi connectivity index (χ0v) is 13.5. The third-order valence-corrected chi connectivity index (χ3v) is 5.41. The lowest BCUT2D eigenvalue weighted by Crippen LogP contribution is -2.45. The molecule has 6 heteroatoms. The maximum Gasteiger partial charge on any atom is 0.267 e. The molecule has 21 heavy (non-hydrogen) atoms. The van der Waals surface area contributed by atoms with Gasteiger partial charge in [-0.2, -0.15) is 0 Å². The first-order chi connectivity index (χ1) is 10.3. The fourth-order valence-corrected chi connectivity index (χ4v) is 4.23. The molecule has 1 aromatic heterocycles. The van der Waals surface area contributed by atoms with Gasteiger partial charge in [0.1, 0.15) is 4.88 Å². The van der Waals surface area contributed by atoms with Gasteiger partial charge in [0.25, 0.3) is 5.91 Å². The Morgan fingerprint density at radius 1 is 1.43 bits per heavy atom. The number of nitrogens with one attached hydrogen (secondary N) is 1. The number of hydrogen-bond donors (Lipinski definition) is 1. The summed E-state index contributed by atoms with van der Waals surface area (Å²) in [5.41, 5.74) is 0.883. The highest BCUT2D eigenvalue weighted by atomic mass is 32.1. The third-order valence-electron chi connectivity index (χ3n) is 4.65. The highest BCUT2D eigenvalue weighted by Crippen LogP contribution is 2.26. The summed E-state index contributed by atoms with van der Waals surface area (Å²) in [6.07, 6.45) is 6.73. The molecule has 0 saturated carbocycles. The molecule has 1 amide bonds. The van der Waals surface area contributed by atoms with E-state index in [9.17, 15) is 4.79 Å². The summed E-state index contributed by atoms with van der Waals surface area (Å²) >= 11 is 1.26. The van der Waals surface area contributed by atoms with Crippen molar-refractivity contribution in [1.29, 1.82) is 0 Å². The molecule has 0 spiro atoms. The molecule has 5 nitrogen and oxygen atoms in total. The molecule has 116 valence electrons. The van der Waals surface area contributed by atoms with Gasteiger partial charge in [-0.05, 0) is 56.1 Å². The van der Waals surface area contributed by atoms with Crippen molar-refractivity contribution in [1.82, 2.24) is 19.8 Å². The van der Waals surface area contributed by atoms with Gasteiger partial charge in [0.05, 0.1) is 5.69 Å². The Morgan fingerprint density at radius 3 is 3.10 bits per heavy atom. The van der Waals surface area contributed by atoms with E-state index in [4.69, 9.17) is 0 Å². The van der Waals surface area contributed by atoms with Gasteiger partial charge in [0, 0.05) is 19.1 Å². The molecule has 2 aliphatic rings. The van der Waals surface area contributed by atoms with E-state index in [-0.39, 0.29) is 5.91 Å². The van der Waals surface area contributed by atoms with Crippen LogP contribution in [0.2, 0.25) is 0 Å². The van der Waals surface area contributed by atoms with Crippen molar-refractivity contribution in [3.8, 4) is 0 Å². The predicted octanol–water partition coefficient (Wildman–Crippen LogP) is 2.09. The molecular formula is C15H24N4OS. The van der Waals surface area contributed by atoms with Crippen LogP contribution in [0.25, 0.3) is 0 Å². The number of carbonyl (C=O) groups is 1. The zero-order valence-electron chi connectivity index (χ0n) is 12.7. The van der Waals surface area contributed by atoms with Gasteiger partial charge in [0.2, 0.25) is 0 Å². The van der Waals surface area contributed by atoms with Gasteiger partial charge in [-0.15, -0.1) is 5.10 Å². The number of aryl methyl sites for hydroxylation is 1. The van der Waals surface area contributed by atoms with Crippen molar-refractivity contribution in [3.05, 3.63) is 10.6 Å².